The Bertz CT molecular complexity index is 432. The number of nitrogens with zero attached hydrogens (tertiary/aromatic N) is 2. The fourth-order valence-corrected chi connectivity index (χ4v) is 2.70. The summed E-state index contributed by atoms with van der Waals surface area (Å²) in [5, 5.41) is 5.96. The third-order valence-corrected chi connectivity index (χ3v) is 3.89. The lowest BCUT2D eigenvalue weighted by atomic mass is 9.80. The number of nitrogens with one attached hydrogen (secondary N) is 2. The van der Waals surface area contributed by atoms with E-state index in [0.29, 0.717) is 17.4 Å². The molecule has 0 radical (unpaired) electrons. The lowest BCUT2D eigenvalue weighted by molar-refractivity contribution is 0.0894. The molecule has 0 saturated heterocycles. The summed E-state index contributed by atoms with van der Waals surface area (Å²) < 4.78 is 0. The number of hydrogen-bond donors (Lipinski definition) is 2. The Morgan fingerprint density at radius 2 is 2.05 bits per heavy atom. The molecular formula is C14H22N4O. The molecule has 104 valence electrons. The molecule has 0 spiro atoms. The van der Waals surface area contributed by atoms with Crippen molar-refractivity contribution in [2.24, 2.45) is 11.8 Å². The Kier molecular flexibility index (Phi) is 4.35. The van der Waals surface area contributed by atoms with Crippen LogP contribution in [-0.4, -0.2) is 29.0 Å². The van der Waals surface area contributed by atoms with Crippen LogP contribution in [0, 0.1) is 11.8 Å². The minimum Gasteiger partial charge on any atom is -0.372 e. The Morgan fingerprint density at radius 1 is 1.26 bits per heavy atom. The SMILES string of the molecule is CNc1cnc(C(=O)NC2CCC(C)CC2C)cn1. The summed E-state index contributed by atoms with van der Waals surface area (Å²) >= 11 is 0. The van der Waals surface area contributed by atoms with Crippen LogP contribution in [0.1, 0.15) is 43.6 Å². The van der Waals surface area contributed by atoms with E-state index in [-0.39, 0.29) is 11.9 Å². The molecule has 0 aromatic carbocycles. The first-order valence-electron chi connectivity index (χ1n) is 6.90. The van der Waals surface area contributed by atoms with Crippen molar-refractivity contribution >= 4 is 11.7 Å². The molecule has 0 aliphatic heterocycles. The van der Waals surface area contributed by atoms with Gasteiger partial charge in [0.1, 0.15) is 11.5 Å². The maximum atomic E-state index is 12.1. The third kappa shape index (κ3) is 3.43. The zero-order chi connectivity index (χ0) is 13.8. The van der Waals surface area contributed by atoms with Crippen molar-refractivity contribution in [2.45, 2.75) is 39.2 Å². The lowest BCUT2D eigenvalue weighted by Gasteiger charge is -2.33. The van der Waals surface area contributed by atoms with E-state index in [4.69, 9.17) is 0 Å². The second-order valence-corrected chi connectivity index (χ2v) is 5.51. The minimum absolute atomic E-state index is 0.124. The molecule has 1 fully saturated rings. The summed E-state index contributed by atoms with van der Waals surface area (Å²) in [6.45, 7) is 4.48. The van der Waals surface area contributed by atoms with Crippen LogP contribution >= 0.6 is 0 Å². The van der Waals surface area contributed by atoms with Gasteiger partial charge >= 0.3 is 0 Å². The fraction of sp³-hybridized carbons (Fsp3) is 0.643. The van der Waals surface area contributed by atoms with Crippen molar-refractivity contribution in [2.75, 3.05) is 12.4 Å². The van der Waals surface area contributed by atoms with Crippen molar-refractivity contribution in [1.29, 1.82) is 0 Å². The summed E-state index contributed by atoms with van der Waals surface area (Å²) in [4.78, 5) is 20.3. The Labute approximate surface area is 114 Å². The predicted octanol–water partition coefficient (Wildman–Crippen LogP) is 2.07. The zero-order valence-corrected chi connectivity index (χ0v) is 11.8. The third-order valence-electron chi connectivity index (χ3n) is 3.89. The minimum atomic E-state index is -0.124. The van der Waals surface area contributed by atoms with E-state index in [0.717, 1.165) is 12.3 Å². The van der Waals surface area contributed by atoms with Crippen molar-refractivity contribution in [1.82, 2.24) is 15.3 Å². The summed E-state index contributed by atoms with van der Waals surface area (Å²) in [7, 11) is 1.77. The largest absolute Gasteiger partial charge is 0.372 e. The second kappa shape index (κ2) is 5.99. The van der Waals surface area contributed by atoms with Gasteiger partial charge in [-0.1, -0.05) is 13.8 Å². The molecule has 3 unspecified atom stereocenters. The van der Waals surface area contributed by atoms with E-state index in [1.165, 1.54) is 19.0 Å². The number of amides is 1. The molecule has 5 nitrogen and oxygen atoms in total. The molecule has 1 saturated carbocycles. The van der Waals surface area contributed by atoms with Gasteiger partial charge in [-0.2, -0.15) is 0 Å². The molecule has 1 heterocycles. The molecule has 5 heteroatoms. The van der Waals surface area contributed by atoms with E-state index >= 15 is 0 Å². The highest BCUT2D eigenvalue weighted by molar-refractivity contribution is 5.92. The monoisotopic (exact) mass is 262 g/mol. The van der Waals surface area contributed by atoms with Crippen LogP contribution in [0.4, 0.5) is 5.82 Å². The highest BCUT2D eigenvalue weighted by Crippen LogP contribution is 2.28. The Balaban J connectivity index is 1.96. The molecule has 19 heavy (non-hydrogen) atoms. The second-order valence-electron chi connectivity index (χ2n) is 5.51. The number of rotatable bonds is 3. The van der Waals surface area contributed by atoms with Gasteiger partial charge in [0.05, 0.1) is 12.4 Å². The summed E-state index contributed by atoms with van der Waals surface area (Å²) in [5.41, 5.74) is 0.379. The molecule has 1 aliphatic rings. The van der Waals surface area contributed by atoms with Gasteiger partial charge in [-0.05, 0) is 31.1 Å². The molecule has 2 N–H and O–H groups in total. The van der Waals surface area contributed by atoms with Gasteiger partial charge < -0.3 is 10.6 Å². The first-order valence-corrected chi connectivity index (χ1v) is 6.90. The molecule has 1 aromatic heterocycles. The Hall–Kier alpha value is -1.65. The van der Waals surface area contributed by atoms with Gasteiger partial charge in [0, 0.05) is 13.1 Å². The van der Waals surface area contributed by atoms with Crippen molar-refractivity contribution < 1.29 is 4.79 Å². The first kappa shape index (κ1) is 13.8. The number of aromatic nitrogens is 2. The van der Waals surface area contributed by atoms with Crippen LogP contribution in [0.3, 0.4) is 0 Å². The van der Waals surface area contributed by atoms with Gasteiger partial charge in [0.2, 0.25) is 0 Å². The van der Waals surface area contributed by atoms with Crippen LogP contribution in [0.5, 0.6) is 0 Å². The number of anilines is 1. The summed E-state index contributed by atoms with van der Waals surface area (Å²) in [6.07, 6.45) is 6.49. The highest BCUT2D eigenvalue weighted by Gasteiger charge is 2.27. The van der Waals surface area contributed by atoms with Crippen molar-refractivity contribution in [3.05, 3.63) is 18.1 Å². The normalized spacial score (nSPS) is 26.8. The highest BCUT2D eigenvalue weighted by atomic mass is 16.1. The van der Waals surface area contributed by atoms with E-state index in [1.807, 2.05) is 0 Å². The number of hydrogen-bond acceptors (Lipinski definition) is 4. The standard InChI is InChI=1S/C14H22N4O/c1-9-4-5-11(10(2)6-9)18-14(19)12-7-17-13(15-3)8-16-12/h7-11H,4-6H2,1-3H3,(H,15,17)(H,18,19). The fourth-order valence-electron chi connectivity index (χ4n) is 2.70. The summed E-state index contributed by atoms with van der Waals surface area (Å²) in [6, 6.07) is 0.259. The zero-order valence-electron chi connectivity index (χ0n) is 11.8. The molecule has 2 rings (SSSR count). The molecule has 1 aromatic rings. The van der Waals surface area contributed by atoms with Gasteiger partial charge in [-0.3, -0.25) is 4.79 Å². The van der Waals surface area contributed by atoms with E-state index in [2.05, 4.69) is 34.4 Å². The van der Waals surface area contributed by atoms with Crippen LogP contribution in [0.25, 0.3) is 0 Å². The van der Waals surface area contributed by atoms with Crippen LogP contribution in [0.15, 0.2) is 12.4 Å². The van der Waals surface area contributed by atoms with Crippen LogP contribution in [0.2, 0.25) is 0 Å². The van der Waals surface area contributed by atoms with Gasteiger partial charge in [-0.25, -0.2) is 9.97 Å². The predicted molar refractivity (Wildman–Crippen MR) is 75.0 cm³/mol. The van der Waals surface area contributed by atoms with Gasteiger partial charge in [0.25, 0.3) is 5.91 Å². The number of carbonyl (C=O) groups is 1. The summed E-state index contributed by atoms with van der Waals surface area (Å²) in [5.74, 6) is 1.83. The molecule has 3 atom stereocenters. The first-order chi connectivity index (χ1) is 9.10. The van der Waals surface area contributed by atoms with Gasteiger partial charge in [0.15, 0.2) is 0 Å². The average molecular weight is 262 g/mol. The number of carbonyl (C=O) groups excluding carboxylic acids is 1. The molecule has 0 bridgehead atoms. The maximum absolute atomic E-state index is 12.1. The van der Waals surface area contributed by atoms with Crippen LogP contribution in [-0.2, 0) is 0 Å². The quantitative estimate of drug-likeness (QED) is 0.875. The maximum Gasteiger partial charge on any atom is 0.271 e. The topological polar surface area (TPSA) is 66.9 Å². The smallest absolute Gasteiger partial charge is 0.271 e. The van der Waals surface area contributed by atoms with Crippen LogP contribution < -0.4 is 10.6 Å². The van der Waals surface area contributed by atoms with E-state index in [1.54, 1.807) is 13.2 Å². The Morgan fingerprint density at radius 3 is 2.63 bits per heavy atom. The molecular weight excluding hydrogens is 240 g/mol. The average Bonchev–Trinajstić information content (AvgIpc) is 2.42. The van der Waals surface area contributed by atoms with Gasteiger partial charge in [-0.15, -0.1) is 0 Å². The van der Waals surface area contributed by atoms with Crippen molar-refractivity contribution in [3.8, 4) is 0 Å². The van der Waals surface area contributed by atoms with E-state index in [9.17, 15) is 4.79 Å². The molecule has 1 amide bonds. The van der Waals surface area contributed by atoms with Crippen molar-refractivity contribution in [3.63, 3.8) is 0 Å². The lowest BCUT2D eigenvalue weighted by Crippen LogP contribution is -2.42. The molecule has 1 aliphatic carbocycles. The van der Waals surface area contributed by atoms with E-state index < -0.39 is 0 Å².